The Labute approximate surface area is 93.5 Å². The maximum Gasteiger partial charge on any atom is 0.386 e. The second-order valence-electron chi connectivity index (χ2n) is 3.39. The van der Waals surface area contributed by atoms with E-state index in [-0.39, 0.29) is 18.5 Å². The van der Waals surface area contributed by atoms with Crippen molar-refractivity contribution in [3.63, 3.8) is 0 Å². The quantitative estimate of drug-likeness (QED) is 0.566. The van der Waals surface area contributed by atoms with Gasteiger partial charge in [-0.3, -0.25) is 0 Å². The molecule has 1 unspecified atom stereocenters. The number of pyridine rings is 1. The predicted molar refractivity (Wildman–Crippen MR) is 60.3 cm³/mol. The number of nitrogens with zero attached hydrogens (tertiary/aromatic N) is 2. The topological polar surface area (TPSA) is 88.3 Å². The molecule has 88 valence electrons. The van der Waals surface area contributed by atoms with Crippen LogP contribution < -0.4 is 5.32 Å². The van der Waals surface area contributed by atoms with Gasteiger partial charge >= 0.3 is 5.82 Å². The normalized spacial score (nSPS) is 12.1. The van der Waals surface area contributed by atoms with Crippen LogP contribution in [-0.2, 0) is 0 Å². The molecule has 1 atom stereocenters. The van der Waals surface area contributed by atoms with Crippen molar-refractivity contribution in [3.8, 4) is 0 Å². The van der Waals surface area contributed by atoms with Crippen LogP contribution >= 0.6 is 0 Å². The molecule has 0 fully saturated rings. The highest BCUT2D eigenvalue weighted by molar-refractivity contribution is 5.57. The number of aliphatic hydroxyl groups excluding tert-OH is 1. The lowest BCUT2D eigenvalue weighted by Gasteiger charge is -2.16. The molecule has 0 aliphatic heterocycles. The first-order valence-electron chi connectivity index (χ1n) is 5.15. The van der Waals surface area contributed by atoms with E-state index in [2.05, 4.69) is 10.3 Å². The van der Waals surface area contributed by atoms with Gasteiger partial charge in [0.15, 0.2) is 0 Å². The summed E-state index contributed by atoms with van der Waals surface area (Å²) in [5, 5.41) is 22.6. The number of aromatic nitrogens is 1. The molecule has 1 heterocycles. The van der Waals surface area contributed by atoms with Gasteiger partial charge in [0.05, 0.1) is 0 Å². The van der Waals surface area contributed by atoms with Gasteiger partial charge in [0, 0.05) is 12.6 Å². The molecule has 2 N–H and O–H groups in total. The van der Waals surface area contributed by atoms with Gasteiger partial charge in [-0.25, -0.2) is 0 Å². The minimum absolute atomic E-state index is 0.0212. The van der Waals surface area contributed by atoms with E-state index in [0.717, 1.165) is 6.42 Å². The molecule has 0 saturated heterocycles. The summed E-state index contributed by atoms with van der Waals surface area (Å²) in [6.07, 6.45) is 2.73. The van der Waals surface area contributed by atoms with Gasteiger partial charge in [-0.05, 0) is 34.9 Å². The summed E-state index contributed by atoms with van der Waals surface area (Å²) >= 11 is 0. The standard InChI is InChI=1S/C10H15N3O3/c1-2-8(5-7-14)12-9-4-3-6-11-10(9)13(15)16/h3-4,6,8,12,14H,2,5,7H2,1H3. The minimum Gasteiger partial charge on any atom is -0.396 e. The van der Waals surface area contributed by atoms with Crippen molar-refractivity contribution < 1.29 is 10.0 Å². The van der Waals surface area contributed by atoms with Gasteiger partial charge in [0.1, 0.15) is 11.9 Å². The first-order valence-corrected chi connectivity index (χ1v) is 5.15. The molecule has 16 heavy (non-hydrogen) atoms. The summed E-state index contributed by atoms with van der Waals surface area (Å²) in [7, 11) is 0. The molecule has 0 aliphatic rings. The van der Waals surface area contributed by atoms with Crippen LogP contribution in [0, 0.1) is 10.1 Å². The van der Waals surface area contributed by atoms with Crippen molar-refractivity contribution in [1.29, 1.82) is 0 Å². The molecule has 0 aromatic carbocycles. The Bertz CT molecular complexity index is 357. The second-order valence-corrected chi connectivity index (χ2v) is 3.39. The number of hydrogen-bond acceptors (Lipinski definition) is 5. The molecule has 6 heteroatoms. The van der Waals surface area contributed by atoms with E-state index in [9.17, 15) is 10.1 Å². The van der Waals surface area contributed by atoms with Gasteiger partial charge in [-0.2, -0.15) is 0 Å². The first-order chi connectivity index (χ1) is 7.69. The highest BCUT2D eigenvalue weighted by Crippen LogP contribution is 2.22. The zero-order valence-electron chi connectivity index (χ0n) is 9.09. The minimum atomic E-state index is -0.520. The van der Waals surface area contributed by atoms with Gasteiger partial charge in [-0.15, -0.1) is 0 Å². The Morgan fingerprint density at radius 1 is 1.69 bits per heavy atom. The number of hydrogen-bond donors (Lipinski definition) is 2. The maximum absolute atomic E-state index is 10.7. The zero-order chi connectivity index (χ0) is 12.0. The average molecular weight is 225 g/mol. The summed E-state index contributed by atoms with van der Waals surface area (Å²) in [6.45, 7) is 2.01. The zero-order valence-corrected chi connectivity index (χ0v) is 9.09. The van der Waals surface area contributed by atoms with Gasteiger partial charge in [0.25, 0.3) is 0 Å². The van der Waals surface area contributed by atoms with Crippen LogP contribution in [-0.4, -0.2) is 27.7 Å². The third-order valence-electron chi connectivity index (χ3n) is 2.29. The maximum atomic E-state index is 10.7. The van der Waals surface area contributed by atoms with Crippen LogP contribution in [0.5, 0.6) is 0 Å². The van der Waals surface area contributed by atoms with Crippen molar-refractivity contribution in [2.24, 2.45) is 0 Å². The Morgan fingerprint density at radius 2 is 2.44 bits per heavy atom. The van der Waals surface area contributed by atoms with E-state index < -0.39 is 4.92 Å². The lowest BCUT2D eigenvalue weighted by Crippen LogP contribution is -2.20. The summed E-state index contributed by atoms with van der Waals surface area (Å²) in [4.78, 5) is 13.9. The van der Waals surface area contributed by atoms with Crippen LogP contribution in [0.3, 0.4) is 0 Å². The highest BCUT2D eigenvalue weighted by atomic mass is 16.6. The second kappa shape index (κ2) is 6.02. The van der Waals surface area contributed by atoms with Crippen molar-refractivity contribution in [2.45, 2.75) is 25.8 Å². The lowest BCUT2D eigenvalue weighted by atomic mass is 10.1. The molecule has 0 bridgehead atoms. The largest absolute Gasteiger partial charge is 0.396 e. The Hall–Kier alpha value is -1.69. The number of nitrogens with one attached hydrogen (secondary N) is 1. The molecule has 0 amide bonds. The van der Waals surface area contributed by atoms with Crippen LogP contribution in [0.1, 0.15) is 19.8 Å². The van der Waals surface area contributed by atoms with Crippen molar-refractivity contribution in [2.75, 3.05) is 11.9 Å². The SMILES string of the molecule is CCC(CCO)Nc1cccnc1[N+](=O)[O-]. The van der Waals surface area contributed by atoms with E-state index >= 15 is 0 Å². The van der Waals surface area contributed by atoms with E-state index in [1.165, 1.54) is 6.20 Å². The van der Waals surface area contributed by atoms with Crippen molar-refractivity contribution in [1.82, 2.24) is 4.98 Å². The van der Waals surface area contributed by atoms with Crippen LogP contribution in [0.15, 0.2) is 18.3 Å². The number of nitro groups is 1. The molecule has 6 nitrogen and oxygen atoms in total. The monoisotopic (exact) mass is 225 g/mol. The van der Waals surface area contributed by atoms with Gasteiger partial charge in [0.2, 0.25) is 0 Å². The van der Waals surface area contributed by atoms with Crippen LogP contribution in [0.25, 0.3) is 0 Å². The Kier molecular flexibility index (Phi) is 4.65. The van der Waals surface area contributed by atoms with E-state index in [1.807, 2.05) is 6.92 Å². The molecule has 1 aromatic heterocycles. The van der Waals surface area contributed by atoms with E-state index in [4.69, 9.17) is 5.11 Å². The average Bonchev–Trinajstić information content (AvgIpc) is 2.29. The third kappa shape index (κ3) is 3.16. The number of rotatable bonds is 6. The van der Waals surface area contributed by atoms with Gasteiger partial charge in [-0.1, -0.05) is 6.92 Å². The molecule has 1 rings (SSSR count). The predicted octanol–water partition coefficient (Wildman–Crippen LogP) is 1.56. The summed E-state index contributed by atoms with van der Waals surface area (Å²) in [5.74, 6) is -0.182. The third-order valence-corrected chi connectivity index (χ3v) is 2.29. The fraction of sp³-hybridized carbons (Fsp3) is 0.500. The molecule has 0 aliphatic carbocycles. The fourth-order valence-electron chi connectivity index (χ4n) is 1.41. The molecule has 0 spiro atoms. The molecule has 1 aromatic rings. The summed E-state index contributed by atoms with van der Waals surface area (Å²) in [6, 6.07) is 3.28. The smallest absolute Gasteiger partial charge is 0.386 e. The molecule has 0 radical (unpaired) electrons. The van der Waals surface area contributed by atoms with Crippen molar-refractivity contribution >= 4 is 11.5 Å². The lowest BCUT2D eigenvalue weighted by molar-refractivity contribution is -0.388. The number of anilines is 1. The first kappa shape index (κ1) is 12.4. The van der Waals surface area contributed by atoms with Crippen LogP contribution in [0.4, 0.5) is 11.5 Å². The summed E-state index contributed by atoms with van der Waals surface area (Å²) < 4.78 is 0. The Balaban J connectivity index is 2.82. The van der Waals surface area contributed by atoms with E-state index in [1.54, 1.807) is 12.1 Å². The van der Waals surface area contributed by atoms with Crippen LogP contribution in [0.2, 0.25) is 0 Å². The molecule has 0 saturated carbocycles. The molecular formula is C10H15N3O3. The van der Waals surface area contributed by atoms with Crippen molar-refractivity contribution in [3.05, 3.63) is 28.4 Å². The number of aliphatic hydroxyl groups is 1. The summed E-state index contributed by atoms with van der Waals surface area (Å²) in [5.41, 5.74) is 0.396. The van der Waals surface area contributed by atoms with Gasteiger partial charge < -0.3 is 20.5 Å². The van der Waals surface area contributed by atoms with E-state index in [0.29, 0.717) is 12.1 Å². The Morgan fingerprint density at radius 3 is 3.00 bits per heavy atom. The fourth-order valence-corrected chi connectivity index (χ4v) is 1.41. The highest BCUT2D eigenvalue weighted by Gasteiger charge is 2.16. The molecular weight excluding hydrogens is 210 g/mol.